The van der Waals surface area contributed by atoms with Gasteiger partial charge in [0.1, 0.15) is 5.82 Å². The summed E-state index contributed by atoms with van der Waals surface area (Å²) >= 11 is 0. The van der Waals surface area contributed by atoms with Crippen molar-refractivity contribution in [3.63, 3.8) is 0 Å². The minimum Gasteiger partial charge on any atom is -0.391 e. The summed E-state index contributed by atoms with van der Waals surface area (Å²) in [5.41, 5.74) is 0.961. The quantitative estimate of drug-likeness (QED) is 0.807. The van der Waals surface area contributed by atoms with Crippen molar-refractivity contribution in [1.82, 2.24) is 0 Å². The van der Waals surface area contributed by atoms with Crippen LogP contribution in [0.15, 0.2) is 24.3 Å². The summed E-state index contributed by atoms with van der Waals surface area (Å²) in [7, 11) is 1.95. The van der Waals surface area contributed by atoms with Crippen LogP contribution in [0, 0.1) is 5.82 Å². The first kappa shape index (κ1) is 10.4. The van der Waals surface area contributed by atoms with Crippen LogP contribution in [-0.2, 0) is 0 Å². The molecule has 15 heavy (non-hydrogen) atoms. The molecule has 0 bridgehead atoms. The van der Waals surface area contributed by atoms with Crippen molar-refractivity contribution in [3.05, 3.63) is 30.1 Å². The largest absolute Gasteiger partial charge is 0.391 e. The van der Waals surface area contributed by atoms with E-state index < -0.39 is 0 Å². The first-order chi connectivity index (χ1) is 7.18. The molecule has 0 aromatic heterocycles. The van der Waals surface area contributed by atoms with Gasteiger partial charge in [-0.2, -0.15) is 0 Å². The van der Waals surface area contributed by atoms with Crippen LogP contribution in [0.1, 0.15) is 19.3 Å². The van der Waals surface area contributed by atoms with Crippen molar-refractivity contribution in [2.45, 2.75) is 31.4 Å². The van der Waals surface area contributed by atoms with E-state index in [1.165, 1.54) is 12.1 Å². The van der Waals surface area contributed by atoms with E-state index in [1.807, 2.05) is 11.9 Å². The highest BCUT2D eigenvalue weighted by molar-refractivity contribution is 5.46. The van der Waals surface area contributed by atoms with Gasteiger partial charge in [0.2, 0.25) is 0 Å². The van der Waals surface area contributed by atoms with Gasteiger partial charge in [0.15, 0.2) is 0 Å². The van der Waals surface area contributed by atoms with Crippen LogP contribution in [0.2, 0.25) is 0 Å². The molecule has 0 saturated heterocycles. The maximum absolute atomic E-state index is 12.7. The lowest BCUT2D eigenvalue weighted by molar-refractivity contribution is 0.163. The number of benzene rings is 1. The number of anilines is 1. The molecule has 0 amide bonds. The van der Waals surface area contributed by atoms with Crippen molar-refractivity contribution in [2.24, 2.45) is 0 Å². The Labute approximate surface area is 89.3 Å². The molecule has 2 atom stereocenters. The maximum Gasteiger partial charge on any atom is 0.123 e. The first-order valence-electron chi connectivity index (χ1n) is 5.35. The van der Waals surface area contributed by atoms with Crippen molar-refractivity contribution in [1.29, 1.82) is 0 Å². The van der Waals surface area contributed by atoms with Crippen LogP contribution in [0.4, 0.5) is 10.1 Å². The van der Waals surface area contributed by atoms with Gasteiger partial charge in [0, 0.05) is 12.7 Å². The van der Waals surface area contributed by atoms with Gasteiger partial charge < -0.3 is 10.0 Å². The predicted molar refractivity (Wildman–Crippen MR) is 58.4 cm³/mol. The molecule has 3 heteroatoms. The fourth-order valence-electron chi connectivity index (χ4n) is 2.24. The molecule has 1 aliphatic carbocycles. The molecule has 2 rings (SSSR count). The van der Waals surface area contributed by atoms with Crippen molar-refractivity contribution >= 4 is 5.69 Å². The van der Waals surface area contributed by atoms with E-state index in [1.54, 1.807) is 12.1 Å². The topological polar surface area (TPSA) is 23.5 Å². The Bertz CT molecular complexity index is 325. The van der Waals surface area contributed by atoms with E-state index in [0.717, 1.165) is 24.9 Å². The zero-order valence-corrected chi connectivity index (χ0v) is 8.86. The lowest BCUT2D eigenvalue weighted by Crippen LogP contribution is -2.37. The van der Waals surface area contributed by atoms with Gasteiger partial charge in [-0.1, -0.05) is 0 Å². The maximum atomic E-state index is 12.7. The number of hydrogen-bond donors (Lipinski definition) is 1. The molecule has 1 fully saturated rings. The SMILES string of the molecule is CN(c1ccc(F)cc1)[C@H]1CCC[C@@H]1O. The van der Waals surface area contributed by atoms with Gasteiger partial charge in [-0.25, -0.2) is 4.39 Å². The summed E-state index contributed by atoms with van der Waals surface area (Å²) in [6, 6.07) is 6.58. The van der Waals surface area contributed by atoms with Gasteiger partial charge >= 0.3 is 0 Å². The average Bonchev–Trinajstić information content (AvgIpc) is 2.65. The van der Waals surface area contributed by atoms with Gasteiger partial charge in [-0.3, -0.25) is 0 Å². The molecule has 1 saturated carbocycles. The van der Waals surface area contributed by atoms with Crippen molar-refractivity contribution < 1.29 is 9.50 Å². The third kappa shape index (κ3) is 2.12. The Hall–Kier alpha value is -1.09. The van der Waals surface area contributed by atoms with Crippen LogP contribution < -0.4 is 4.90 Å². The first-order valence-corrected chi connectivity index (χ1v) is 5.35. The second-order valence-electron chi connectivity index (χ2n) is 4.15. The molecule has 1 aromatic rings. The Balaban J connectivity index is 2.13. The second-order valence-corrected chi connectivity index (χ2v) is 4.15. The van der Waals surface area contributed by atoms with E-state index in [2.05, 4.69) is 0 Å². The number of hydrogen-bond acceptors (Lipinski definition) is 2. The van der Waals surface area contributed by atoms with Gasteiger partial charge in [-0.05, 0) is 43.5 Å². The predicted octanol–water partition coefficient (Wildman–Crippen LogP) is 2.18. The van der Waals surface area contributed by atoms with E-state index >= 15 is 0 Å². The lowest BCUT2D eigenvalue weighted by atomic mass is 10.1. The van der Waals surface area contributed by atoms with E-state index in [9.17, 15) is 9.50 Å². The fraction of sp³-hybridized carbons (Fsp3) is 0.500. The summed E-state index contributed by atoms with van der Waals surface area (Å²) < 4.78 is 12.7. The van der Waals surface area contributed by atoms with Gasteiger partial charge in [0.25, 0.3) is 0 Å². The molecule has 2 nitrogen and oxygen atoms in total. The molecule has 0 aliphatic heterocycles. The molecule has 1 aromatic carbocycles. The second kappa shape index (κ2) is 4.19. The molecule has 0 radical (unpaired) electrons. The number of nitrogens with zero attached hydrogens (tertiary/aromatic N) is 1. The Morgan fingerprint density at radius 2 is 1.93 bits per heavy atom. The molecular formula is C12H16FNO. The number of rotatable bonds is 2. The monoisotopic (exact) mass is 209 g/mol. The van der Waals surface area contributed by atoms with Crippen molar-refractivity contribution in [3.8, 4) is 0 Å². The van der Waals surface area contributed by atoms with Crippen molar-refractivity contribution in [2.75, 3.05) is 11.9 Å². The van der Waals surface area contributed by atoms with Crippen LogP contribution in [0.25, 0.3) is 0 Å². The normalized spacial score (nSPS) is 25.5. The number of aliphatic hydroxyl groups excluding tert-OH is 1. The van der Waals surface area contributed by atoms with E-state index in [0.29, 0.717) is 0 Å². The van der Waals surface area contributed by atoms with E-state index in [4.69, 9.17) is 0 Å². The minimum absolute atomic E-state index is 0.176. The Kier molecular flexibility index (Phi) is 2.91. The molecule has 0 unspecified atom stereocenters. The lowest BCUT2D eigenvalue weighted by Gasteiger charge is -2.29. The van der Waals surface area contributed by atoms with Crippen LogP contribution >= 0.6 is 0 Å². The van der Waals surface area contributed by atoms with Crippen LogP contribution in [-0.4, -0.2) is 24.3 Å². The summed E-state index contributed by atoms with van der Waals surface area (Å²) in [5.74, 6) is -0.223. The number of aliphatic hydroxyl groups is 1. The highest BCUT2D eigenvalue weighted by Gasteiger charge is 2.28. The van der Waals surface area contributed by atoms with Gasteiger partial charge in [-0.15, -0.1) is 0 Å². The Morgan fingerprint density at radius 3 is 2.47 bits per heavy atom. The molecule has 82 valence electrons. The van der Waals surface area contributed by atoms with E-state index in [-0.39, 0.29) is 18.0 Å². The average molecular weight is 209 g/mol. The molecule has 1 aliphatic rings. The van der Waals surface area contributed by atoms with Crippen LogP contribution in [0.5, 0.6) is 0 Å². The number of likely N-dealkylation sites (N-methyl/N-ethyl adjacent to an activating group) is 1. The summed E-state index contributed by atoms with van der Waals surface area (Å²) in [6.07, 6.45) is 2.70. The fourth-order valence-corrected chi connectivity index (χ4v) is 2.24. The standard InChI is InChI=1S/C12H16FNO/c1-14(11-3-2-4-12(11)15)10-7-5-9(13)6-8-10/h5-8,11-12,15H,2-4H2,1H3/t11-,12-/m0/s1. The number of halogens is 1. The summed E-state index contributed by atoms with van der Waals surface area (Å²) in [4.78, 5) is 2.04. The molecule has 0 spiro atoms. The third-order valence-corrected chi connectivity index (χ3v) is 3.18. The Morgan fingerprint density at radius 1 is 1.27 bits per heavy atom. The third-order valence-electron chi connectivity index (χ3n) is 3.18. The molecule has 0 heterocycles. The smallest absolute Gasteiger partial charge is 0.123 e. The highest BCUT2D eigenvalue weighted by Crippen LogP contribution is 2.27. The zero-order valence-electron chi connectivity index (χ0n) is 8.86. The highest BCUT2D eigenvalue weighted by atomic mass is 19.1. The van der Waals surface area contributed by atoms with Crippen LogP contribution in [0.3, 0.4) is 0 Å². The molecular weight excluding hydrogens is 193 g/mol. The zero-order chi connectivity index (χ0) is 10.8. The molecule has 1 N–H and O–H groups in total. The summed E-state index contributed by atoms with van der Waals surface area (Å²) in [5, 5.41) is 9.76. The minimum atomic E-state index is -0.250. The summed E-state index contributed by atoms with van der Waals surface area (Å²) in [6.45, 7) is 0. The van der Waals surface area contributed by atoms with Gasteiger partial charge in [0.05, 0.1) is 12.1 Å².